The summed E-state index contributed by atoms with van der Waals surface area (Å²) >= 11 is 0. The van der Waals surface area contributed by atoms with Crippen LogP contribution in [0.5, 0.6) is 5.75 Å². The minimum absolute atomic E-state index is 0.223. The minimum Gasteiger partial charge on any atom is -0.488 e. The third kappa shape index (κ3) is 3.00. The van der Waals surface area contributed by atoms with Crippen LogP contribution in [0.2, 0.25) is 0 Å². The molecule has 0 saturated heterocycles. The Morgan fingerprint density at radius 1 is 1.39 bits per heavy atom. The van der Waals surface area contributed by atoms with Gasteiger partial charge in [0.1, 0.15) is 17.7 Å². The van der Waals surface area contributed by atoms with E-state index in [-0.39, 0.29) is 18.0 Å². The second-order valence-corrected chi connectivity index (χ2v) is 4.98. The number of halogens is 1. The van der Waals surface area contributed by atoms with Crippen molar-refractivity contribution < 1.29 is 14.2 Å². The summed E-state index contributed by atoms with van der Waals surface area (Å²) in [5.74, 6) is 0.107. The Bertz CT molecular complexity index is 409. The van der Waals surface area contributed by atoms with Gasteiger partial charge in [-0.3, -0.25) is 0 Å². The molecule has 0 radical (unpaired) electrons. The van der Waals surface area contributed by atoms with Crippen LogP contribution >= 0.6 is 0 Å². The highest BCUT2D eigenvalue weighted by atomic mass is 19.1. The fourth-order valence-corrected chi connectivity index (χ4v) is 2.34. The minimum atomic E-state index is -0.449. The molecule has 0 bridgehead atoms. The van der Waals surface area contributed by atoms with Crippen molar-refractivity contribution in [3.8, 4) is 5.75 Å². The summed E-state index contributed by atoms with van der Waals surface area (Å²) in [6, 6.07) is 4.37. The quantitative estimate of drug-likeness (QED) is 0.870. The van der Waals surface area contributed by atoms with Crippen molar-refractivity contribution in [2.45, 2.75) is 50.9 Å². The van der Waals surface area contributed by atoms with E-state index in [1.165, 1.54) is 6.07 Å². The van der Waals surface area contributed by atoms with E-state index >= 15 is 0 Å². The maximum atomic E-state index is 13.7. The Morgan fingerprint density at radius 2 is 2.11 bits per heavy atom. The van der Waals surface area contributed by atoms with E-state index in [2.05, 4.69) is 0 Å². The molecule has 2 rings (SSSR count). The topological polar surface area (TPSA) is 55.5 Å². The van der Waals surface area contributed by atoms with Gasteiger partial charge in [-0.2, -0.15) is 0 Å². The Labute approximate surface area is 107 Å². The molecule has 100 valence electrons. The summed E-state index contributed by atoms with van der Waals surface area (Å²) in [6.07, 6.45) is 2.97. The molecule has 0 aliphatic heterocycles. The highest BCUT2D eigenvalue weighted by Crippen LogP contribution is 2.26. The number of ether oxygens (including phenoxy) is 1. The molecule has 1 saturated carbocycles. The zero-order valence-corrected chi connectivity index (χ0v) is 10.6. The summed E-state index contributed by atoms with van der Waals surface area (Å²) < 4.78 is 19.4. The van der Waals surface area contributed by atoms with Crippen molar-refractivity contribution in [3.63, 3.8) is 0 Å². The molecule has 0 amide bonds. The zero-order chi connectivity index (χ0) is 13.1. The molecule has 3 atom stereocenters. The highest BCUT2D eigenvalue weighted by Gasteiger charge is 2.24. The van der Waals surface area contributed by atoms with Gasteiger partial charge in [0, 0.05) is 17.7 Å². The molecule has 3 N–H and O–H groups in total. The van der Waals surface area contributed by atoms with Crippen molar-refractivity contribution in [2.75, 3.05) is 0 Å². The van der Waals surface area contributed by atoms with Crippen LogP contribution in [0.1, 0.15) is 44.2 Å². The molecule has 0 heterocycles. The number of benzene rings is 1. The molecule has 3 unspecified atom stereocenters. The molecule has 0 aromatic heterocycles. The predicted molar refractivity (Wildman–Crippen MR) is 67.9 cm³/mol. The van der Waals surface area contributed by atoms with E-state index in [0.29, 0.717) is 11.3 Å². The monoisotopic (exact) mass is 253 g/mol. The van der Waals surface area contributed by atoms with Gasteiger partial charge in [0.05, 0.1) is 6.10 Å². The van der Waals surface area contributed by atoms with E-state index in [9.17, 15) is 9.50 Å². The van der Waals surface area contributed by atoms with Crippen molar-refractivity contribution >= 4 is 0 Å². The molecular weight excluding hydrogens is 233 g/mol. The van der Waals surface area contributed by atoms with Gasteiger partial charge >= 0.3 is 0 Å². The summed E-state index contributed by atoms with van der Waals surface area (Å²) in [5.41, 5.74) is 6.13. The average Bonchev–Trinajstić information content (AvgIpc) is 2.32. The molecule has 1 aromatic carbocycles. The van der Waals surface area contributed by atoms with Gasteiger partial charge in [-0.15, -0.1) is 0 Å². The number of rotatable bonds is 3. The van der Waals surface area contributed by atoms with Gasteiger partial charge in [-0.1, -0.05) is 12.5 Å². The Hall–Kier alpha value is -1.13. The lowest BCUT2D eigenvalue weighted by Gasteiger charge is -2.28. The van der Waals surface area contributed by atoms with Crippen molar-refractivity contribution in [1.82, 2.24) is 0 Å². The molecule has 18 heavy (non-hydrogen) atoms. The second-order valence-electron chi connectivity index (χ2n) is 4.98. The van der Waals surface area contributed by atoms with E-state index in [0.717, 1.165) is 25.7 Å². The lowest BCUT2D eigenvalue weighted by molar-refractivity contribution is 0.00671. The lowest BCUT2D eigenvalue weighted by Crippen LogP contribution is -2.34. The molecule has 1 aromatic rings. The molecular formula is C14H20FNO2. The first-order chi connectivity index (χ1) is 8.58. The first-order valence-corrected chi connectivity index (χ1v) is 6.47. The highest BCUT2D eigenvalue weighted by molar-refractivity contribution is 5.30. The molecule has 1 aliphatic rings. The normalized spacial score (nSPS) is 25.8. The van der Waals surface area contributed by atoms with Gasteiger partial charge in [0.25, 0.3) is 0 Å². The van der Waals surface area contributed by atoms with Gasteiger partial charge < -0.3 is 15.6 Å². The van der Waals surface area contributed by atoms with Gasteiger partial charge in [0.15, 0.2) is 0 Å². The lowest BCUT2D eigenvalue weighted by atomic mass is 9.95. The standard InChI is InChI=1S/C14H20FNO2/c1-9(16)11-7-6-10(8-12(11)15)18-14-5-3-2-4-13(14)17/h6-9,13-14,17H,2-5,16H2,1H3. The Balaban J connectivity index is 2.07. The van der Waals surface area contributed by atoms with Crippen LogP contribution < -0.4 is 10.5 Å². The fraction of sp³-hybridized carbons (Fsp3) is 0.571. The maximum absolute atomic E-state index is 13.7. The SMILES string of the molecule is CC(N)c1ccc(OC2CCCCC2O)cc1F. The van der Waals surface area contributed by atoms with E-state index in [4.69, 9.17) is 10.5 Å². The molecule has 0 spiro atoms. The number of hydrogen-bond acceptors (Lipinski definition) is 3. The van der Waals surface area contributed by atoms with Crippen LogP contribution in [0.15, 0.2) is 18.2 Å². The number of nitrogens with two attached hydrogens (primary N) is 1. The van der Waals surface area contributed by atoms with Gasteiger partial charge in [0.2, 0.25) is 0 Å². The van der Waals surface area contributed by atoms with Gasteiger partial charge in [-0.25, -0.2) is 4.39 Å². The van der Waals surface area contributed by atoms with Crippen LogP contribution in [0.3, 0.4) is 0 Å². The number of aliphatic hydroxyl groups excluding tert-OH is 1. The van der Waals surface area contributed by atoms with Crippen LogP contribution in [-0.2, 0) is 0 Å². The largest absolute Gasteiger partial charge is 0.488 e. The number of aliphatic hydroxyl groups is 1. The van der Waals surface area contributed by atoms with E-state index in [1.54, 1.807) is 19.1 Å². The second kappa shape index (κ2) is 5.67. The first kappa shape index (κ1) is 13.3. The molecule has 3 nitrogen and oxygen atoms in total. The summed E-state index contributed by atoms with van der Waals surface area (Å²) in [6.45, 7) is 1.74. The average molecular weight is 253 g/mol. The van der Waals surface area contributed by atoms with Crippen LogP contribution in [0, 0.1) is 5.82 Å². The van der Waals surface area contributed by atoms with Crippen LogP contribution in [0.4, 0.5) is 4.39 Å². The zero-order valence-electron chi connectivity index (χ0n) is 10.6. The fourth-order valence-electron chi connectivity index (χ4n) is 2.34. The summed E-state index contributed by atoms with van der Waals surface area (Å²) in [4.78, 5) is 0. The van der Waals surface area contributed by atoms with Crippen molar-refractivity contribution in [3.05, 3.63) is 29.6 Å². The maximum Gasteiger partial charge on any atom is 0.131 e. The Kier molecular flexibility index (Phi) is 4.19. The van der Waals surface area contributed by atoms with Gasteiger partial charge in [-0.05, 0) is 32.3 Å². The first-order valence-electron chi connectivity index (χ1n) is 6.47. The third-order valence-corrected chi connectivity index (χ3v) is 3.42. The summed E-state index contributed by atoms with van der Waals surface area (Å²) in [7, 11) is 0. The van der Waals surface area contributed by atoms with Crippen LogP contribution in [0.25, 0.3) is 0 Å². The van der Waals surface area contributed by atoms with E-state index < -0.39 is 6.10 Å². The van der Waals surface area contributed by atoms with Crippen molar-refractivity contribution in [1.29, 1.82) is 0 Å². The third-order valence-electron chi connectivity index (χ3n) is 3.42. The van der Waals surface area contributed by atoms with Crippen molar-refractivity contribution in [2.24, 2.45) is 5.73 Å². The van der Waals surface area contributed by atoms with E-state index in [1.807, 2.05) is 0 Å². The molecule has 1 fully saturated rings. The smallest absolute Gasteiger partial charge is 0.131 e. The number of hydrogen-bond donors (Lipinski definition) is 2. The Morgan fingerprint density at radius 3 is 2.72 bits per heavy atom. The molecule has 1 aliphatic carbocycles. The summed E-state index contributed by atoms with van der Waals surface area (Å²) in [5, 5.41) is 9.80. The molecule has 4 heteroatoms. The van der Waals surface area contributed by atoms with Crippen LogP contribution in [-0.4, -0.2) is 17.3 Å². The predicted octanol–water partition coefficient (Wildman–Crippen LogP) is 2.53.